The molecular weight excluding hydrogens is 306 g/mol. The Labute approximate surface area is 134 Å². The van der Waals surface area contributed by atoms with E-state index in [0.717, 1.165) is 0 Å². The van der Waals surface area contributed by atoms with Gasteiger partial charge in [-0.25, -0.2) is 9.59 Å². The highest BCUT2D eigenvalue weighted by atomic mass is 16.6. The average molecular weight is 327 g/mol. The number of carboxylic acid groups (broad SMARTS) is 1. The largest absolute Gasteiger partial charge is 0.492 e. The van der Waals surface area contributed by atoms with Gasteiger partial charge < -0.3 is 29.8 Å². The van der Waals surface area contributed by atoms with E-state index in [9.17, 15) is 14.7 Å². The van der Waals surface area contributed by atoms with Gasteiger partial charge in [0.1, 0.15) is 16.7 Å². The zero-order valence-electron chi connectivity index (χ0n) is 14.0. The van der Waals surface area contributed by atoms with Crippen molar-refractivity contribution in [3.63, 3.8) is 0 Å². The molecule has 0 aliphatic rings. The molecule has 1 aromatic carbocycles. The number of carbonyl (C=O) groups excluding carboxylic acids is 1. The van der Waals surface area contributed by atoms with Crippen molar-refractivity contribution in [1.29, 1.82) is 0 Å². The number of esters is 1. The van der Waals surface area contributed by atoms with Crippen LogP contribution in [0, 0.1) is 0 Å². The maximum Gasteiger partial charge on any atom is 0.343 e. The second kappa shape index (κ2) is 6.64. The van der Waals surface area contributed by atoms with Crippen LogP contribution < -0.4 is 19.9 Å². The summed E-state index contributed by atoms with van der Waals surface area (Å²) in [6.07, 6.45) is 0. The van der Waals surface area contributed by atoms with Gasteiger partial charge in [0.2, 0.25) is 5.75 Å². The molecule has 0 radical (unpaired) electrons. The molecule has 8 nitrogen and oxygen atoms in total. The standard InChI is InChI=1S/C15H21NO7/c1-15(2,3)23-14(19)8-7(13(17)18)9(16)11(21-5)12(22-6)10(8)20-4/h16H2,1-6H3,(H,17,18). The van der Waals surface area contributed by atoms with E-state index < -0.39 is 23.1 Å². The minimum Gasteiger partial charge on any atom is -0.492 e. The molecule has 23 heavy (non-hydrogen) atoms. The van der Waals surface area contributed by atoms with E-state index >= 15 is 0 Å². The minimum absolute atomic E-state index is 0.0124. The summed E-state index contributed by atoms with van der Waals surface area (Å²) in [5.74, 6) is -2.44. The number of anilines is 1. The molecule has 0 amide bonds. The zero-order valence-corrected chi connectivity index (χ0v) is 14.0. The summed E-state index contributed by atoms with van der Waals surface area (Å²) < 4.78 is 20.7. The van der Waals surface area contributed by atoms with Gasteiger partial charge in [-0.05, 0) is 20.8 Å². The van der Waals surface area contributed by atoms with Crippen LogP contribution in [-0.2, 0) is 4.74 Å². The fourth-order valence-electron chi connectivity index (χ4n) is 2.03. The van der Waals surface area contributed by atoms with E-state index in [4.69, 9.17) is 24.7 Å². The molecule has 0 spiro atoms. The van der Waals surface area contributed by atoms with Crippen molar-refractivity contribution in [1.82, 2.24) is 0 Å². The number of methoxy groups -OCH3 is 3. The van der Waals surface area contributed by atoms with Crippen LogP contribution in [0.3, 0.4) is 0 Å². The van der Waals surface area contributed by atoms with E-state index in [2.05, 4.69) is 0 Å². The first-order chi connectivity index (χ1) is 10.6. The molecule has 0 atom stereocenters. The molecule has 8 heteroatoms. The first-order valence-electron chi connectivity index (χ1n) is 6.67. The summed E-state index contributed by atoms with van der Waals surface area (Å²) in [6.45, 7) is 4.96. The highest BCUT2D eigenvalue weighted by molar-refractivity contribution is 6.10. The van der Waals surface area contributed by atoms with Crippen LogP contribution in [0.15, 0.2) is 0 Å². The lowest BCUT2D eigenvalue weighted by molar-refractivity contribution is 0.00621. The van der Waals surface area contributed by atoms with Crippen molar-refractivity contribution in [3.05, 3.63) is 11.1 Å². The maximum atomic E-state index is 12.5. The number of rotatable bonds is 5. The number of nitrogen functional groups attached to an aromatic ring is 1. The predicted molar refractivity (Wildman–Crippen MR) is 82.6 cm³/mol. The number of ether oxygens (including phenoxy) is 4. The topological polar surface area (TPSA) is 117 Å². The zero-order chi connectivity index (χ0) is 17.9. The quantitative estimate of drug-likeness (QED) is 0.622. The number of aromatic carboxylic acids is 1. The monoisotopic (exact) mass is 327 g/mol. The van der Waals surface area contributed by atoms with Crippen LogP contribution in [0.4, 0.5) is 5.69 Å². The van der Waals surface area contributed by atoms with Gasteiger partial charge in [0.05, 0.1) is 27.0 Å². The Morgan fingerprint density at radius 3 is 1.74 bits per heavy atom. The molecule has 0 heterocycles. The summed E-state index contributed by atoms with van der Waals surface area (Å²) in [5, 5.41) is 9.46. The van der Waals surface area contributed by atoms with E-state index in [1.54, 1.807) is 20.8 Å². The molecule has 0 bridgehead atoms. The molecule has 0 fully saturated rings. The summed E-state index contributed by atoms with van der Waals surface area (Å²) in [4.78, 5) is 24.1. The molecule has 128 valence electrons. The lowest BCUT2D eigenvalue weighted by Crippen LogP contribution is -2.26. The molecule has 3 N–H and O–H groups in total. The third-order valence-electron chi connectivity index (χ3n) is 2.83. The molecule has 0 aliphatic heterocycles. The first kappa shape index (κ1) is 18.4. The SMILES string of the molecule is COc1c(N)c(C(=O)O)c(C(=O)OC(C)(C)C)c(OC)c1OC. The Morgan fingerprint density at radius 2 is 1.39 bits per heavy atom. The second-order valence-electron chi connectivity index (χ2n) is 5.57. The molecule has 0 saturated carbocycles. The molecule has 0 aliphatic carbocycles. The Hall–Kier alpha value is -2.64. The van der Waals surface area contributed by atoms with Crippen molar-refractivity contribution in [2.45, 2.75) is 26.4 Å². The first-order valence-corrected chi connectivity index (χ1v) is 6.67. The third kappa shape index (κ3) is 3.58. The van der Waals surface area contributed by atoms with Crippen LogP contribution in [0.5, 0.6) is 17.2 Å². The van der Waals surface area contributed by atoms with Crippen LogP contribution in [-0.4, -0.2) is 44.0 Å². The summed E-state index contributed by atoms with van der Waals surface area (Å²) in [7, 11) is 3.89. The fourth-order valence-corrected chi connectivity index (χ4v) is 2.03. The molecule has 0 aromatic heterocycles. The van der Waals surface area contributed by atoms with Crippen LogP contribution >= 0.6 is 0 Å². The number of hydrogen-bond acceptors (Lipinski definition) is 7. The van der Waals surface area contributed by atoms with Gasteiger partial charge in [-0.1, -0.05) is 0 Å². The average Bonchev–Trinajstić information content (AvgIpc) is 2.43. The van der Waals surface area contributed by atoms with Gasteiger partial charge in [-0.3, -0.25) is 0 Å². The van der Waals surface area contributed by atoms with Crippen molar-refractivity contribution in [3.8, 4) is 17.2 Å². The van der Waals surface area contributed by atoms with Gasteiger partial charge in [-0.2, -0.15) is 0 Å². The van der Waals surface area contributed by atoms with Gasteiger partial charge >= 0.3 is 11.9 Å². The van der Waals surface area contributed by atoms with E-state index in [1.807, 2.05) is 0 Å². The van der Waals surface area contributed by atoms with Crippen LogP contribution in [0.25, 0.3) is 0 Å². The molecule has 1 aromatic rings. The van der Waals surface area contributed by atoms with Gasteiger partial charge in [0, 0.05) is 0 Å². The van der Waals surface area contributed by atoms with Crippen LogP contribution in [0.1, 0.15) is 41.5 Å². The van der Waals surface area contributed by atoms with Crippen molar-refractivity contribution in [2.75, 3.05) is 27.1 Å². The molecular formula is C15H21NO7. The fraction of sp³-hybridized carbons (Fsp3) is 0.467. The number of hydrogen-bond donors (Lipinski definition) is 2. The Kier molecular flexibility index (Phi) is 5.31. The minimum atomic E-state index is -1.41. The summed E-state index contributed by atoms with van der Waals surface area (Å²) >= 11 is 0. The van der Waals surface area contributed by atoms with Gasteiger partial charge in [-0.15, -0.1) is 0 Å². The van der Waals surface area contributed by atoms with E-state index in [1.165, 1.54) is 21.3 Å². The number of nitrogens with two attached hydrogens (primary N) is 1. The highest BCUT2D eigenvalue weighted by Crippen LogP contribution is 2.47. The molecule has 1 rings (SSSR count). The maximum absolute atomic E-state index is 12.5. The van der Waals surface area contributed by atoms with E-state index in [-0.39, 0.29) is 28.5 Å². The number of carbonyl (C=O) groups is 2. The predicted octanol–water partition coefficient (Wildman–Crippen LogP) is 1.95. The van der Waals surface area contributed by atoms with E-state index in [0.29, 0.717) is 0 Å². The van der Waals surface area contributed by atoms with Gasteiger partial charge in [0.15, 0.2) is 11.5 Å². The molecule has 0 unspecified atom stereocenters. The number of carboxylic acids is 1. The summed E-state index contributed by atoms with van der Waals surface area (Å²) in [5.41, 5.74) is 3.97. The highest BCUT2D eigenvalue weighted by Gasteiger charge is 2.34. The Bertz CT molecular complexity index is 632. The Morgan fingerprint density at radius 1 is 0.913 bits per heavy atom. The normalized spacial score (nSPS) is 10.9. The van der Waals surface area contributed by atoms with Gasteiger partial charge in [0.25, 0.3) is 0 Å². The van der Waals surface area contributed by atoms with Crippen LogP contribution in [0.2, 0.25) is 0 Å². The van der Waals surface area contributed by atoms with Crippen molar-refractivity contribution in [2.24, 2.45) is 0 Å². The lowest BCUT2D eigenvalue weighted by atomic mass is 10.0. The second-order valence-corrected chi connectivity index (χ2v) is 5.57. The smallest absolute Gasteiger partial charge is 0.343 e. The summed E-state index contributed by atoms with van der Waals surface area (Å²) in [6, 6.07) is 0. The number of benzene rings is 1. The van der Waals surface area contributed by atoms with Crippen molar-refractivity contribution >= 4 is 17.6 Å². The van der Waals surface area contributed by atoms with Crippen molar-refractivity contribution < 1.29 is 33.6 Å². The third-order valence-corrected chi connectivity index (χ3v) is 2.83. The molecule has 0 saturated heterocycles. The lowest BCUT2D eigenvalue weighted by Gasteiger charge is -2.23. The Balaban J connectivity index is 3.81.